The van der Waals surface area contributed by atoms with Gasteiger partial charge in [-0.25, -0.2) is 9.89 Å². The molecule has 0 spiro atoms. The Morgan fingerprint density at radius 1 is 1.75 bits per heavy atom. The second-order valence-corrected chi connectivity index (χ2v) is 3.07. The minimum absolute atomic E-state index is 0.113. The summed E-state index contributed by atoms with van der Waals surface area (Å²) >= 11 is 5.86. The van der Waals surface area contributed by atoms with Crippen LogP contribution in [0.5, 0.6) is 0 Å². The molecule has 0 fully saturated rings. The van der Waals surface area contributed by atoms with E-state index in [4.69, 9.17) is 11.6 Å². The predicted octanol–water partition coefficient (Wildman–Crippen LogP) is 0.424. The van der Waals surface area contributed by atoms with Gasteiger partial charge in [-0.3, -0.25) is 0 Å². The van der Waals surface area contributed by atoms with Gasteiger partial charge in [-0.2, -0.15) is 4.68 Å². The van der Waals surface area contributed by atoms with Crippen molar-refractivity contribution >= 4 is 11.6 Å². The molecule has 1 atom stereocenters. The molecule has 0 bridgehead atoms. The number of hydrogen-bond acceptors (Lipinski definition) is 3. The fourth-order valence-corrected chi connectivity index (χ4v) is 1.61. The van der Waals surface area contributed by atoms with E-state index in [2.05, 4.69) is 15.5 Å². The number of hydrogen-bond donors (Lipinski definition) is 1. The van der Waals surface area contributed by atoms with Crippen molar-refractivity contribution < 1.29 is 0 Å². The Balaban J connectivity index is 2.38. The van der Waals surface area contributed by atoms with Gasteiger partial charge in [-0.1, -0.05) is 17.7 Å². The number of nitrogens with zero attached hydrogens (tertiary/aromatic N) is 3. The molecule has 1 aliphatic carbocycles. The van der Waals surface area contributed by atoms with E-state index in [1.54, 1.807) is 0 Å². The van der Waals surface area contributed by atoms with Crippen molar-refractivity contribution in [2.45, 2.75) is 18.9 Å². The van der Waals surface area contributed by atoms with Gasteiger partial charge in [-0.15, -0.1) is 0 Å². The third-order valence-corrected chi connectivity index (χ3v) is 2.29. The minimum Gasteiger partial charge on any atom is -0.244 e. The second-order valence-electron chi connectivity index (χ2n) is 2.63. The topological polar surface area (TPSA) is 63.6 Å². The summed E-state index contributed by atoms with van der Waals surface area (Å²) in [5.74, 6) is 0. The third kappa shape index (κ3) is 1.06. The Morgan fingerprint density at radius 2 is 2.58 bits per heavy atom. The molecule has 6 heteroatoms. The van der Waals surface area contributed by atoms with Crippen LogP contribution in [0.3, 0.4) is 0 Å². The van der Waals surface area contributed by atoms with Crippen LogP contribution in [0.15, 0.2) is 15.9 Å². The van der Waals surface area contributed by atoms with Crippen LogP contribution in [0.1, 0.15) is 18.9 Å². The number of tetrazole rings is 1. The predicted molar refractivity (Wildman–Crippen MR) is 42.8 cm³/mol. The van der Waals surface area contributed by atoms with Crippen molar-refractivity contribution in [2.24, 2.45) is 0 Å². The van der Waals surface area contributed by atoms with Crippen LogP contribution in [0.25, 0.3) is 0 Å². The van der Waals surface area contributed by atoms with Gasteiger partial charge < -0.3 is 0 Å². The fraction of sp³-hybridized carbons (Fsp3) is 0.500. The molecule has 0 radical (unpaired) electrons. The summed E-state index contributed by atoms with van der Waals surface area (Å²) in [6.07, 6.45) is 3.61. The number of aromatic nitrogens is 4. The number of rotatable bonds is 1. The summed E-state index contributed by atoms with van der Waals surface area (Å²) in [4.78, 5) is 11.0. The summed E-state index contributed by atoms with van der Waals surface area (Å²) in [7, 11) is 0. The third-order valence-electron chi connectivity index (χ3n) is 1.89. The molecule has 0 amide bonds. The Kier molecular flexibility index (Phi) is 1.73. The first-order valence-electron chi connectivity index (χ1n) is 3.64. The quantitative estimate of drug-likeness (QED) is 0.692. The van der Waals surface area contributed by atoms with Crippen LogP contribution < -0.4 is 5.69 Å². The highest BCUT2D eigenvalue weighted by Gasteiger charge is 2.22. The maximum Gasteiger partial charge on any atom is 0.361 e. The lowest BCUT2D eigenvalue weighted by molar-refractivity contribution is 0.493. The molecule has 1 N–H and O–H groups in total. The minimum atomic E-state index is -0.312. The van der Waals surface area contributed by atoms with Crippen molar-refractivity contribution in [2.75, 3.05) is 0 Å². The van der Waals surface area contributed by atoms with E-state index < -0.39 is 0 Å². The first-order chi connectivity index (χ1) is 5.79. The zero-order valence-electron chi connectivity index (χ0n) is 6.20. The van der Waals surface area contributed by atoms with Crippen molar-refractivity contribution in [3.63, 3.8) is 0 Å². The molecule has 1 aromatic heterocycles. The van der Waals surface area contributed by atoms with Crippen LogP contribution in [0, 0.1) is 0 Å². The van der Waals surface area contributed by atoms with E-state index in [0.29, 0.717) is 5.03 Å². The summed E-state index contributed by atoms with van der Waals surface area (Å²) in [5, 5.41) is 9.91. The standard InChI is InChI=1S/C6H7ClN4O/c7-4-2-1-3-5(4)11-6(12)8-9-10-11/h2,5H,1,3H2,(H,8,10,12). The number of halogens is 1. The number of allylic oxidation sites excluding steroid dienone is 2. The molecule has 1 unspecified atom stereocenters. The zero-order chi connectivity index (χ0) is 8.55. The van der Waals surface area contributed by atoms with Gasteiger partial charge in [-0.05, 0) is 23.3 Å². The van der Waals surface area contributed by atoms with E-state index in [-0.39, 0.29) is 11.7 Å². The molecule has 0 saturated carbocycles. The van der Waals surface area contributed by atoms with E-state index in [1.165, 1.54) is 4.68 Å². The van der Waals surface area contributed by atoms with Gasteiger partial charge in [0.05, 0.1) is 6.04 Å². The van der Waals surface area contributed by atoms with Gasteiger partial charge in [0.2, 0.25) is 0 Å². The van der Waals surface area contributed by atoms with Crippen LogP contribution in [0.4, 0.5) is 0 Å². The van der Waals surface area contributed by atoms with Crippen LogP contribution >= 0.6 is 11.6 Å². The van der Waals surface area contributed by atoms with Crippen LogP contribution in [-0.2, 0) is 0 Å². The Hall–Kier alpha value is -1.10. The first-order valence-corrected chi connectivity index (χ1v) is 4.02. The van der Waals surface area contributed by atoms with E-state index in [1.807, 2.05) is 6.08 Å². The van der Waals surface area contributed by atoms with E-state index in [9.17, 15) is 4.79 Å². The molecule has 0 aromatic carbocycles. The highest BCUT2D eigenvalue weighted by Crippen LogP contribution is 2.30. The summed E-state index contributed by atoms with van der Waals surface area (Å²) in [6.45, 7) is 0. The largest absolute Gasteiger partial charge is 0.361 e. The molecular weight excluding hydrogens is 180 g/mol. The zero-order valence-corrected chi connectivity index (χ0v) is 6.95. The highest BCUT2D eigenvalue weighted by atomic mass is 35.5. The van der Waals surface area contributed by atoms with Gasteiger partial charge in [0.25, 0.3) is 0 Å². The van der Waals surface area contributed by atoms with Crippen molar-refractivity contribution in [3.8, 4) is 0 Å². The van der Waals surface area contributed by atoms with Gasteiger partial charge in [0.1, 0.15) is 0 Å². The molecule has 12 heavy (non-hydrogen) atoms. The van der Waals surface area contributed by atoms with Gasteiger partial charge in [0, 0.05) is 5.03 Å². The lowest BCUT2D eigenvalue weighted by Gasteiger charge is -2.06. The SMILES string of the molecule is O=c1[nH]nnn1C1CCC=C1Cl. The summed E-state index contributed by atoms with van der Waals surface area (Å²) < 4.78 is 1.27. The molecule has 0 saturated heterocycles. The number of aromatic amines is 1. The van der Waals surface area contributed by atoms with Gasteiger partial charge in [0.15, 0.2) is 0 Å². The van der Waals surface area contributed by atoms with Crippen molar-refractivity contribution in [1.82, 2.24) is 20.2 Å². The number of H-pyrrole nitrogens is 1. The molecule has 0 aliphatic heterocycles. The molecular formula is C6H7ClN4O. The molecule has 1 aliphatic rings. The average molecular weight is 187 g/mol. The van der Waals surface area contributed by atoms with Crippen LogP contribution in [0.2, 0.25) is 0 Å². The lowest BCUT2D eigenvalue weighted by Crippen LogP contribution is -2.22. The smallest absolute Gasteiger partial charge is 0.244 e. The fourth-order valence-electron chi connectivity index (χ4n) is 1.30. The normalized spacial score (nSPS) is 22.8. The lowest BCUT2D eigenvalue weighted by atomic mass is 10.3. The summed E-state index contributed by atoms with van der Waals surface area (Å²) in [6, 6.07) is -0.113. The van der Waals surface area contributed by atoms with Crippen LogP contribution in [-0.4, -0.2) is 20.2 Å². The molecule has 5 nitrogen and oxygen atoms in total. The molecule has 64 valence electrons. The Labute approximate surface area is 73.0 Å². The monoisotopic (exact) mass is 186 g/mol. The van der Waals surface area contributed by atoms with Gasteiger partial charge >= 0.3 is 5.69 Å². The van der Waals surface area contributed by atoms with E-state index >= 15 is 0 Å². The number of nitrogens with one attached hydrogen (secondary N) is 1. The molecule has 1 aromatic rings. The Morgan fingerprint density at radius 3 is 3.08 bits per heavy atom. The first kappa shape index (κ1) is 7.54. The Bertz CT molecular complexity index is 366. The molecule has 2 rings (SSSR count). The van der Waals surface area contributed by atoms with E-state index in [0.717, 1.165) is 12.8 Å². The second kappa shape index (κ2) is 2.75. The summed E-state index contributed by atoms with van der Waals surface area (Å²) in [5.41, 5.74) is -0.312. The molecule has 1 heterocycles. The maximum atomic E-state index is 11.0. The maximum absolute atomic E-state index is 11.0. The van der Waals surface area contributed by atoms with Crippen molar-refractivity contribution in [1.29, 1.82) is 0 Å². The van der Waals surface area contributed by atoms with Crippen molar-refractivity contribution in [3.05, 3.63) is 21.6 Å². The highest BCUT2D eigenvalue weighted by molar-refractivity contribution is 6.30. The average Bonchev–Trinajstić information content (AvgIpc) is 2.59.